The number of amides is 2. The number of hydrogen-bond acceptors (Lipinski definition) is 6. The summed E-state index contributed by atoms with van der Waals surface area (Å²) in [4.78, 5) is 24.2. The number of carbonyl (C=O) groups excluding carboxylic acids is 2. The van der Waals surface area contributed by atoms with E-state index in [1.165, 1.54) is 13.3 Å². The molecule has 184 valence electrons. The van der Waals surface area contributed by atoms with Crippen molar-refractivity contribution in [3.05, 3.63) is 85.4 Å². The summed E-state index contributed by atoms with van der Waals surface area (Å²) in [5.41, 5.74) is 5.69. The van der Waals surface area contributed by atoms with Crippen LogP contribution in [0.15, 0.2) is 59.7 Å². The summed E-state index contributed by atoms with van der Waals surface area (Å²) < 4.78 is 12.2. The van der Waals surface area contributed by atoms with Crippen LogP contribution < -0.4 is 20.2 Å². The molecule has 0 spiro atoms. The fourth-order valence-electron chi connectivity index (χ4n) is 3.10. The molecule has 0 fully saturated rings. The van der Waals surface area contributed by atoms with E-state index >= 15 is 0 Å². The Hall–Kier alpha value is -3.62. The number of benzene rings is 3. The number of carbonyl (C=O) groups is 2. The number of halogens is 2. The smallest absolute Gasteiger partial charge is 0.249 e. The van der Waals surface area contributed by atoms with Crippen molar-refractivity contribution < 1.29 is 19.1 Å². The zero-order chi connectivity index (χ0) is 26.1. The highest BCUT2D eigenvalue weighted by molar-refractivity contribution is 14.1. The molecule has 3 aromatic carbocycles. The Labute approximate surface area is 227 Å². The minimum absolute atomic E-state index is 0.205. The summed E-state index contributed by atoms with van der Waals surface area (Å²) in [6.45, 7) is 2.06. The molecule has 0 saturated carbocycles. The lowest BCUT2D eigenvalue weighted by molar-refractivity contribution is -0.126. The third-order valence-corrected chi connectivity index (χ3v) is 6.15. The highest BCUT2D eigenvalue weighted by Gasteiger charge is 2.13. The predicted octanol–water partition coefficient (Wildman–Crippen LogP) is 5.19. The standard InChI is InChI=1S/C26H22ClIN4O4/c1-16-7-8-20(11-21(16)27)31-24(33)12-25(34)32-30-14-17-9-22(28)26(23(10-17)35-2)36-15-19-6-4-3-5-18(19)13-29/h3-11,14H,12,15H2,1-2H3,(H,31,33)(H,32,34). The maximum absolute atomic E-state index is 12.1. The third-order valence-electron chi connectivity index (χ3n) is 4.94. The molecule has 0 heterocycles. The molecule has 2 N–H and O–H groups in total. The van der Waals surface area contributed by atoms with Gasteiger partial charge in [-0.1, -0.05) is 35.9 Å². The largest absolute Gasteiger partial charge is 0.493 e. The first-order chi connectivity index (χ1) is 17.3. The van der Waals surface area contributed by atoms with E-state index in [9.17, 15) is 14.9 Å². The average molecular weight is 617 g/mol. The first-order valence-electron chi connectivity index (χ1n) is 10.7. The highest BCUT2D eigenvalue weighted by atomic mass is 127. The first-order valence-corrected chi connectivity index (χ1v) is 12.1. The molecule has 36 heavy (non-hydrogen) atoms. The van der Waals surface area contributed by atoms with E-state index in [0.29, 0.717) is 33.3 Å². The number of nitriles is 1. The minimum atomic E-state index is -0.570. The van der Waals surface area contributed by atoms with Gasteiger partial charge in [-0.2, -0.15) is 10.4 Å². The lowest BCUT2D eigenvalue weighted by Gasteiger charge is -2.14. The van der Waals surface area contributed by atoms with Crippen LogP contribution in [-0.2, 0) is 16.2 Å². The number of ether oxygens (including phenoxy) is 2. The Kier molecular flexibility index (Phi) is 9.67. The van der Waals surface area contributed by atoms with Crippen LogP contribution in [0, 0.1) is 21.8 Å². The van der Waals surface area contributed by atoms with Gasteiger partial charge < -0.3 is 14.8 Å². The number of hydrogen-bond donors (Lipinski definition) is 2. The van der Waals surface area contributed by atoms with E-state index < -0.39 is 18.2 Å². The molecule has 10 heteroatoms. The molecule has 8 nitrogen and oxygen atoms in total. The maximum atomic E-state index is 12.1. The Morgan fingerprint density at radius 3 is 2.67 bits per heavy atom. The van der Waals surface area contributed by atoms with Gasteiger partial charge in [0.25, 0.3) is 0 Å². The molecule has 0 bridgehead atoms. The second-order valence-corrected chi connectivity index (χ2v) is 9.14. The van der Waals surface area contributed by atoms with Crippen molar-refractivity contribution in [1.29, 1.82) is 5.26 Å². The van der Waals surface area contributed by atoms with Crippen LogP contribution in [0.1, 0.15) is 28.7 Å². The van der Waals surface area contributed by atoms with Crippen molar-refractivity contribution >= 4 is 57.9 Å². The quantitative estimate of drug-likeness (QED) is 0.149. The van der Waals surface area contributed by atoms with Crippen LogP contribution >= 0.6 is 34.2 Å². The minimum Gasteiger partial charge on any atom is -0.493 e. The van der Waals surface area contributed by atoms with Crippen molar-refractivity contribution in [1.82, 2.24) is 5.43 Å². The molecule has 3 rings (SSSR count). The zero-order valence-corrected chi connectivity index (χ0v) is 22.4. The number of aryl methyl sites for hydroxylation is 1. The van der Waals surface area contributed by atoms with Crippen molar-refractivity contribution in [3.63, 3.8) is 0 Å². The summed E-state index contributed by atoms with van der Waals surface area (Å²) in [6.07, 6.45) is 1.04. The monoisotopic (exact) mass is 616 g/mol. The number of anilines is 1. The summed E-state index contributed by atoms with van der Waals surface area (Å²) in [5, 5.41) is 16.3. The number of rotatable bonds is 9. The highest BCUT2D eigenvalue weighted by Crippen LogP contribution is 2.34. The van der Waals surface area contributed by atoms with Crippen LogP contribution in [0.25, 0.3) is 0 Å². The number of nitrogens with one attached hydrogen (secondary N) is 2. The number of nitrogens with zero attached hydrogens (tertiary/aromatic N) is 2. The molecule has 3 aromatic rings. The Morgan fingerprint density at radius 2 is 1.94 bits per heavy atom. The van der Waals surface area contributed by atoms with Crippen LogP contribution in [0.2, 0.25) is 5.02 Å². The van der Waals surface area contributed by atoms with E-state index in [-0.39, 0.29) is 6.61 Å². The second kappa shape index (κ2) is 12.9. The first kappa shape index (κ1) is 27.0. The fourth-order valence-corrected chi connectivity index (χ4v) is 4.06. The molecule has 0 atom stereocenters. The van der Waals surface area contributed by atoms with Crippen LogP contribution in [0.3, 0.4) is 0 Å². The van der Waals surface area contributed by atoms with E-state index in [2.05, 4.69) is 44.5 Å². The summed E-state index contributed by atoms with van der Waals surface area (Å²) >= 11 is 8.16. The van der Waals surface area contributed by atoms with Gasteiger partial charge >= 0.3 is 0 Å². The lowest BCUT2D eigenvalue weighted by atomic mass is 10.1. The predicted molar refractivity (Wildman–Crippen MR) is 146 cm³/mol. The van der Waals surface area contributed by atoms with E-state index in [1.54, 1.807) is 42.5 Å². The lowest BCUT2D eigenvalue weighted by Crippen LogP contribution is -2.24. The molecule has 2 amide bonds. The van der Waals surface area contributed by atoms with Crippen LogP contribution in [-0.4, -0.2) is 25.1 Å². The van der Waals surface area contributed by atoms with E-state index in [4.69, 9.17) is 21.1 Å². The molecule has 0 aliphatic rings. The van der Waals surface area contributed by atoms with Crippen molar-refractivity contribution in [3.8, 4) is 17.6 Å². The maximum Gasteiger partial charge on any atom is 0.249 e. The third kappa shape index (κ3) is 7.44. The van der Waals surface area contributed by atoms with Gasteiger partial charge in [0.15, 0.2) is 11.5 Å². The number of hydrazone groups is 1. The number of methoxy groups -OCH3 is 1. The Morgan fingerprint density at radius 1 is 1.17 bits per heavy atom. The van der Waals surface area contributed by atoms with Crippen molar-refractivity contribution in [2.24, 2.45) is 5.10 Å². The van der Waals surface area contributed by atoms with Gasteiger partial charge in [-0.15, -0.1) is 0 Å². The van der Waals surface area contributed by atoms with Crippen LogP contribution in [0.4, 0.5) is 5.69 Å². The normalized spacial score (nSPS) is 10.5. The van der Waals surface area contributed by atoms with Gasteiger partial charge in [0.1, 0.15) is 13.0 Å². The van der Waals surface area contributed by atoms with Gasteiger partial charge in [0.05, 0.1) is 28.5 Å². The molecule has 0 aromatic heterocycles. The summed E-state index contributed by atoms with van der Waals surface area (Å²) in [5.74, 6) is -0.0572. The Balaban J connectivity index is 1.58. The molecule has 0 aliphatic heterocycles. The fraction of sp³-hybridized carbons (Fsp3) is 0.154. The molecular formula is C26H22ClIN4O4. The molecule has 0 radical (unpaired) electrons. The van der Waals surface area contributed by atoms with Gasteiger partial charge in [0, 0.05) is 16.3 Å². The van der Waals surface area contributed by atoms with Crippen molar-refractivity contribution in [2.75, 3.05) is 12.4 Å². The SMILES string of the molecule is COc1cc(C=NNC(=O)CC(=O)Nc2ccc(C)c(Cl)c2)cc(I)c1OCc1ccccc1C#N. The summed E-state index contributed by atoms with van der Waals surface area (Å²) in [6, 6.07) is 18.0. The topological polar surface area (TPSA) is 113 Å². The van der Waals surface area contributed by atoms with Crippen LogP contribution in [0.5, 0.6) is 11.5 Å². The zero-order valence-electron chi connectivity index (χ0n) is 19.5. The van der Waals surface area contributed by atoms with Gasteiger partial charge in [0.2, 0.25) is 11.8 Å². The second-order valence-electron chi connectivity index (χ2n) is 7.57. The summed E-state index contributed by atoms with van der Waals surface area (Å²) in [7, 11) is 1.52. The van der Waals surface area contributed by atoms with E-state index in [1.807, 2.05) is 19.1 Å². The molecule has 0 unspecified atom stereocenters. The average Bonchev–Trinajstić information content (AvgIpc) is 2.85. The van der Waals surface area contributed by atoms with Gasteiger partial charge in [-0.25, -0.2) is 5.43 Å². The molecular weight excluding hydrogens is 595 g/mol. The molecule has 0 aliphatic carbocycles. The van der Waals surface area contributed by atoms with Crippen molar-refractivity contribution in [2.45, 2.75) is 20.0 Å². The van der Waals surface area contributed by atoms with Gasteiger partial charge in [-0.05, 0) is 71.0 Å². The Bertz CT molecular complexity index is 1350. The molecule has 0 saturated heterocycles. The van der Waals surface area contributed by atoms with Gasteiger partial charge in [-0.3, -0.25) is 9.59 Å². The van der Waals surface area contributed by atoms with E-state index in [0.717, 1.165) is 14.7 Å².